The Bertz CT molecular complexity index is 989. The first kappa shape index (κ1) is 20.8. The van der Waals surface area contributed by atoms with Crippen molar-refractivity contribution in [2.24, 2.45) is 12.8 Å². The van der Waals surface area contributed by atoms with Gasteiger partial charge < -0.3 is 26.4 Å². The van der Waals surface area contributed by atoms with Crippen LogP contribution in [0.1, 0.15) is 23.6 Å². The van der Waals surface area contributed by atoms with E-state index in [2.05, 4.69) is 15.7 Å². The number of benzene rings is 1. The molecule has 11 heteroatoms. The predicted octanol–water partition coefficient (Wildman–Crippen LogP) is -0.0473. The van der Waals surface area contributed by atoms with Gasteiger partial charge in [-0.15, -0.1) is 0 Å². The molecule has 1 saturated heterocycles. The minimum atomic E-state index is -0.887. The first-order valence-corrected chi connectivity index (χ1v) is 9.15. The lowest BCUT2D eigenvalue weighted by molar-refractivity contribution is -0.132. The summed E-state index contributed by atoms with van der Waals surface area (Å²) in [6, 6.07) is 6.26. The van der Waals surface area contributed by atoms with Gasteiger partial charge >= 0.3 is 6.03 Å². The Morgan fingerprint density at radius 3 is 2.77 bits per heavy atom. The number of aromatic nitrogens is 2. The Labute approximate surface area is 171 Å². The second kappa shape index (κ2) is 8.23. The van der Waals surface area contributed by atoms with E-state index < -0.39 is 17.5 Å². The lowest BCUT2D eigenvalue weighted by Gasteiger charge is -2.33. The summed E-state index contributed by atoms with van der Waals surface area (Å²) in [5.74, 6) is -0.424. The summed E-state index contributed by atoms with van der Waals surface area (Å²) < 4.78 is 1.64. The lowest BCUT2D eigenvalue weighted by atomic mass is 9.73. The van der Waals surface area contributed by atoms with E-state index >= 15 is 0 Å². The van der Waals surface area contributed by atoms with Gasteiger partial charge in [-0.2, -0.15) is 5.10 Å². The van der Waals surface area contributed by atoms with Gasteiger partial charge in [-0.05, 0) is 18.1 Å². The van der Waals surface area contributed by atoms with E-state index in [4.69, 9.17) is 15.6 Å². The molecule has 1 aromatic heterocycles. The van der Waals surface area contributed by atoms with Gasteiger partial charge in [-0.1, -0.05) is 18.2 Å². The standard InChI is InChI=1S/C18H20N6O3.CH2O2/c1-23-10-11(8-21-23)15-18(6-7-24(15)14(25)9-20-17(19)27)12-4-2-3-5-13(12)22-16(18)26;2-1-3/h2-5,8,10,15H,6-7,9H2,1H3,(H,22,26)(H3,19,20,27);1H,(H,2,3). The zero-order chi connectivity index (χ0) is 21.9. The number of aryl methyl sites for hydroxylation is 1. The molecule has 0 saturated carbocycles. The van der Waals surface area contributed by atoms with Crippen molar-refractivity contribution in [3.8, 4) is 0 Å². The molecule has 30 heavy (non-hydrogen) atoms. The molecule has 0 bridgehead atoms. The van der Waals surface area contributed by atoms with Crippen molar-refractivity contribution < 1.29 is 24.3 Å². The molecule has 1 fully saturated rings. The van der Waals surface area contributed by atoms with Gasteiger partial charge in [0, 0.05) is 31.0 Å². The Hall–Kier alpha value is -3.89. The van der Waals surface area contributed by atoms with Crippen molar-refractivity contribution in [2.45, 2.75) is 17.9 Å². The van der Waals surface area contributed by atoms with Crippen LogP contribution < -0.4 is 16.4 Å². The van der Waals surface area contributed by atoms with Gasteiger partial charge in [0.1, 0.15) is 5.41 Å². The van der Waals surface area contributed by atoms with Gasteiger partial charge in [0.05, 0.1) is 18.8 Å². The Morgan fingerprint density at radius 2 is 2.13 bits per heavy atom. The highest BCUT2D eigenvalue weighted by Gasteiger charge is 2.59. The molecule has 1 spiro atoms. The molecule has 1 aromatic carbocycles. The lowest BCUT2D eigenvalue weighted by Crippen LogP contribution is -2.46. The van der Waals surface area contributed by atoms with Crippen LogP contribution in [-0.4, -0.2) is 57.2 Å². The number of rotatable bonds is 3. The van der Waals surface area contributed by atoms with Crippen LogP contribution in [0.4, 0.5) is 10.5 Å². The van der Waals surface area contributed by atoms with E-state index in [-0.39, 0.29) is 24.8 Å². The van der Waals surface area contributed by atoms with Gasteiger partial charge in [-0.25, -0.2) is 4.79 Å². The minimum Gasteiger partial charge on any atom is -0.483 e. The number of carboxylic acid groups (broad SMARTS) is 1. The number of carbonyl (C=O) groups excluding carboxylic acids is 3. The number of likely N-dealkylation sites (tertiary alicyclic amines) is 1. The topological polar surface area (TPSA) is 160 Å². The Morgan fingerprint density at radius 1 is 1.43 bits per heavy atom. The van der Waals surface area contributed by atoms with Gasteiger partial charge in [0.25, 0.3) is 6.47 Å². The van der Waals surface area contributed by atoms with Crippen molar-refractivity contribution >= 4 is 30.0 Å². The highest BCUT2D eigenvalue weighted by Crippen LogP contribution is 2.54. The maximum absolute atomic E-state index is 13.1. The summed E-state index contributed by atoms with van der Waals surface area (Å²) in [7, 11) is 1.79. The molecule has 3 heterocycles. The first-order chi connectivity index (χ1) is 14.3. The third-order valence-electron chi connectivity index (χ3n) is 5.36. The zero-order valence-electron chi connectivity index (χ0n) is 16.2. The summed E-state index contributed by atoms with van der Waals surface area (Å²) in [5, 5.41) is 16.4. The number of nitrogens with two attached hydrogens (primary N) is 1. The number of hydrogen-bond acceptors (Lipinski definition) is 5. The number of nitrogens with zero attached hydrogens (tertiary/aromatic N) is 3. The largest absolute Gasteiger partial charge is 0.483 e. The van der Waals surface area contributed by atoms with Crippen LogP contribution in [0.2, 0.25) is 0 Å². The number of primary amides is 1. The summed E-state index contributed by atoms with van der Waals surface area (Å²) in [6.45, 7) is -0.0773. The number of anilines is 1. The Kier molecular flexibility index (Phi) is 5.72. The molecule has 2 atom stereocenters. The molecule has 2 aliphatic heterocycles. The van der Waals surface area contributed by atoms with Crippen LogP contribution in [0.15, 0.2) is 36.7 Å². The molecular formula is C19H22N6O5. The van der Waals surface area contributed by atoms with Crippen LogP contribution in [0, 0.1) is 0 Å². The number of fused-ring (bicyclic) bond motifs is 2. The first-order valence-electron chi connectivity index (χ1n) is 9.15. The summed E-state index contributed by atoms with van der Waals surface area (Å²) in [4.78, 5) is 46.9. The monoisotopic (exact) mass is 414 g/mol. The van der Waals surface area contributed by atoms with Crippen molar-refractivity contribution in [1.29, 1.82) is 0 Å². The van der Waals surface area contributed by atoms with E-state index in [9.17, 15) is 14.4 Å². The highest BCUT2D eigenvalue weighted by molar-refractivity contribution is 6.07. The molecule has 4 rings (SSSR count). The molecule has 2 unspecified atom stereocenters. The van der Waals surface area contributed by atoms with E-state index in [0.717, 1.165) is 16.8 Å². The van der Waals surface area contributed by atoms with E-state index in [1.54, 1.807) is 22.8 Å². The van der Waals surface area contributed by atoms with Gasteiger partial charge in [-0.3, -0.25) is 19.1 Å². The van der Waals surface area contributed by atoms with Crippen LogP contribution >= 0.6 is 0 Å². The third-order valence-corrected chi connectivity index (χ3v) is 5.36. The van der Waals surface area contributed by atoms with Crippen LogP contribution in [-0.2, 0) is 26.8 Å². The predicted molar refractivity (Wildman–Crippen MR) is 105 cm³/mol. The normalized spacial score (nSPS) is 21.4. The van der Waals surface area contributed by atoms with Gasteiger partial charge in [0.2, 0.25) is 11.8 Å². The zero-order valence-corrected chi connectivity index (χ0v) is 16.2. The van der Waals surface area contributed by atoms with E-state index in [0.29, 0.717) is 13.0 Å². The smallest absolute Gasteiger partial charge is 0.312 e. The molecule has 158 valence electrons. The van der Waals surface area contributed by atoms with Crippen molar-refractivity contribution in [3.05, 3.63) is 47.8 Å². The third kappa shape index (κ3) is 3.45. The maximum Gasteiger partial charge on any atom is 0.312 e. The fraction of sp³-hybridized carbons (Fsp3) is 0.316. The number of para-hydroxylation sites is 1. The summed E-state index contributed by atoms with van der Waals surface area (Å²) in [6.07, 6.45) is 3.97. The number of urea groups is 1. The van der Waals surface area contributed by atoms with Crippen LogP contribution in [0.5, 0.6) is 0 Å². The average molecular weight is 414 g/mol. The molecule has 11 nitrogen and oxygen atoms in total. The number of amides is 4. The Balaban J connectivity index is 0.000000806. The molecule has 2 aliphatic rings. The van der Waals surface area contributed by atoms with Crippen molar-refractivity contribution in [1.82, 2.24) is 20.0 Å². The number of nitrogens with one attached hydrogen (secondary N) is 2. The summed E-state index contributed by atoms with van der Waals surface area (Å²) >= 11 is 0. The maximum atomic E-state index is 13.1. The van der Waals surface area contributed by atoms with Crippen LogP contribution in [0.25, 0.3) is 0 Å². The molecule has 0 radical (unpaired) electrons. The second-order valence-electron chi connectivity index (χ2n) is 6.98. The molecule has 4 amide bonds. The fourth-order valence-corrected chi connectivity index (χ4v) is 4.26. The minimum absolute atomic E-state index is 0.129. The van der Waals surface area contributed by atoms with E-state index in [1.807, 2.05) is 30.5 Å². The van der Waals surface area contributed by atoms with Crippen molar-refractivity contribution in [2.75, 3.05) is 18.4 Å². The quantitative estimate of drug-likeness (QED) is 0.515. The van der Waals surface area contributed by atoms with Crippen LogP contribution in [0.3, 0.4) is 0 Å². The number of carbonyl (C=O) groups is 4. The molecule has 5 N–H and O–H groups in total. The van der Waals surface area contributed by atoms with Crippen molar-refractivity contribution in [3.63, 3.8) is 0 Å². The average Bonchev–Trinajstić information content (AvgIpc) is 3.38. The summed E-state index contributed by atoms with van der Waals surface area (Å²) in [5.41, 5.74) is 6.62. The molecular weight excluding hydrogens is 392 g/mol. The highest BCUT2D eigenvalue weighted by atomic mass is 16.3. The number of hydrogen-bond donors (Lipinski definition) is 4. The SMILES string of the molecule is Cn1cc(C2N(C(=O)CNC(N)=O)CCC23C(=O)Nc2ccccc23)cn1.O=CO. The molecule has 2 aromatic rings. The molecule has 0 aliphatic carbocycles. The van der Waals surface area contributed by atoms with Gasteiger partial charge in [0.15, 0.2) is 0 Å². The van der Waals surface area contributed by atoms with E-state index in [1.165, 1.54) is 0 Å². The second-order valence-corrected chi connectivity index (χ2v) is 6.98. The fourth-order valence-electron chi connectivity index (χ4n) is 4.26.